The fourth-order valence-corrected chi connectivity index (χ4v) is 3.16. The Bertz CT molecular complexity index is 765. The van der Waals surface area contributed by atoms with Gasteiger partial charge >= 0.3 is 6.18 Å². The van der Waals surface area contributed by atoms with Crippen LogP contribution in [0.1, 0.15) is 16.3 Å². The van der Waals surface area contributed by atoms with Gasteiger partial charge in [-0.3, -0.25) is 0 Å². The molecule has 0 fully saturated rings. The van der Waals surface area contributed by atoms with Crippen LogP contribution in [0.5, 0.6) is 0 Å². The van der Waals surface area contributed by atoms with Crippen molar-refractivity contribution in [3.63, 3.8) is 0 Å². The van der Waals surface area contributed by atoms with Crippen LogP contribution in [0.2, 0.25) is 5.15 Å². The molecule has 2 aromatic heterocycles. The van der Waals surface area contributed by atoms with Crippen molar-refractivity contribution < 1.29 is 13.2 Å². The third-order valence-corrected chi connectivity index (χ3v) is 4.07. The number of hydrogen-bond donors (Lipinski definition) is 0. The molecule has 0 spiro atoms. The van der Waals surface area contributed by atoms with E-state index in [2.05, 4.69) is 9.97 Å². The van der Waals surface area contributed by atoms with Crippen molar-refractivity contribution in [3.8, 4) is 0 Å². The molecule has 0 aliphatic carbocycles. The second-order valence-corrected chi connectivity index (χ2v) is 5.92. The van der Waals surface area contributed by atoms with Crippen molar-refractivity contribution in [2.24, 2.45) is 0 Å². The topological polar surface area (TPSA) is 25.8 Å². The van der Waals surface area contributed by atoms with Gasteiger partial charge in [0.1, 0.15) is 5.15 Å². The van der Waals surface area contributed by atoms with E-state index in [1.54, 1.807) is 0 Å². The van der Waals surface area contributed by atoms with Crippen molar-refractivity contribution in [3.05, 3.63) is 57.8 Å². The van der Waals surface area contributed by atoms with Gasteiger partial charge in [-0.1, -0.05) is 23.7 Å². The maximum absolute atomic E-state index is 12.8. The Hall–Kier alpha value is -1.66. The van der Waals surface area contributed by atoms with Crippen LogP contribution < -0.4 is 0 Å². The zero-order valence-corrected chi connectivity index (χ0v) is 12.1. The van der Waals surface area contributed by atoms with E-state index in [-0.39, 0.29) is 17.3 Å². The molecule has 108 valence electrons. The molecular weight excluding hydrogens is 321 g/mol. The van der Waals surface area contributed by atoms with Crippen molar-refractivity contribution in [2.45, 2.75) is 12.6 Å². The standard InChI is InChI=1S/C14H8ClF3N2S/c15-12-6-8(14(16,17)18)5-9(19-12)7-13-20-10-3-1-2-4-11(10)21-13/h1-6H,7H2. The Morgan fingerprint density at radius 1 is 1.10 bits per heavy atom. The number of rotatable bonds is 2. The lowest BCUT2D eigenvalue weighted by atomic mass is 10.2. The normalized spacial score (nSPS) is 12.0. The number of alkyl halides is 3. The van der Waals surface area contributed by atoms with Gasteiger partial charge in [0.25, 0.3) is 0 Å². The smallest absolute Gasteiger partial charge is 0.241 e. The summed E-state index contributed by atoms with van der Waals surface area (Å²) in [6, 6.07) is 9.38. The third kappa shape index (κ3) is 3.16. The first-order valence-electron chi connectivity index (χ1n) is 6.00. The van der Waals surface area contributed by atoms with Crippen molar-refractivity contribution >= 4 is 33.2 Å². The minimum absolute atomic E-state index is 0.166. The van der Waals surface area contributed by atoms with Gasteiger partial charge in [0.05, 0.1) is 20.8 Å². The summed E-state index contributed by atoms with van der Waals surface area (Å²) in [4.78, 5) is 8.33. The number of halogens is 4. The molecule has 21 heavy (non-hydrogen) atoms. The van der Waals surface area contributed by atoms with Crippen LogP contribution in [0, 0.1) is 0 Å². The fourth-order valence-electron chi connectivity index (χ4n) is 1.96. The molecule has 0 N–H and O–H groups in total. The summed E-state index contributed by atoms with van der Waals surface area (Å²) in [7, 11) is 0. The maximum Gasteiger partial charge on any atom is 0.416 e. The van der Waals surface area contributed by atoms with Crippen LogP contribution in [0.4, 0.5) is 13.2 Å². The average Bonchev–Trinajstić information content (AvgIpc) is 2.79. The van der Waals surface area contributed by atoms with Gasteiger partial charge in [-0.05, 0) is 24.3 Å². The summed E-state index contributed by atoms with van der Waals surface area (Å²) >= 11 is 7.11. The molecule has 2 nitrogen and oxygen atoms in total. The van der Waals surface area contributed by atoms with Crippen LogP contribution in [0.15, 0.2) is 36.4 Å². The van der Waals surface area contributed by atoms with E-state index in [1.165, 1.54) is 11.3 Å². The van der Waals surface area contributed by atoms with E-state index in [4.69, 9.17) is 11.6 Å². The molecule has 0 saturated heterocycles. The summed E-state index contributed by atoms with van der Waals surface area (Å²) < 4.78 is 39.3. The molecule has 0 radical (unpaired) electrons. The highest BCUT2D eigenvalue weighted by Crippen LogP contribution is 2.32. The van der Waals surface area contributed by atoms with E-state index in [9.17, 15) is 13.2 Å². The number of fused-ring (bicyclic) bond motifs is 1. The highest BCUT2D eigenvalue weighted by atomic mass is 35.5. The summed E-state index contributed by atoms with van der Waals surface area (Å²) in [6.45, 7) is 0. The molecule has 0 saturated carbocycles. The van der Waals surface area contributed by atoms with Crippen molar-refractivity contribution in [1.82, 2.24) is 9.97 Å². The van der Waals surface area contributed by atoms with E-state index in [0.717, 1.165) is 22.3 Å². The van der Waals surface area contributed by atoms with E-state index < -0.39 is 11.7 Å². The van der Waals surface area contributed by atoms with Crippen LogP contribution in [0.3, 0.4) is 0 Å². The zero-order valence-electron chi connectivity index (χ0n) is 10.5. The van der Waals surface area contributed by atoms with E-state index >= 15 is 0 Å². The van der Waals surface area contributed by atoms with Gasteiger partial charge in [-0.2, -0.15) is 13.2 Å². The quantitative estimate of drug-likeness (QED) is 0.622. The summed E-state index contributed by atoms with van der Waals surface area (Å²) in [5.41, 5.74) is 0.295. The first-order chi connectivity index (χ1) is 9.91. The Balaban J connectivity index is 1.95. The molecule has 0 aliphatic rings. The molecule has 0 amide bonds. The maximum atomic E-state index is 12.8. The van der Waals surface area contributed by atoms with Crippen molar-refractivity contribution in [2.75, 3.05) is 0 Å². The number of hydrogen-bond acceptors (Lipinski definition) is 3. The summed E-state index contributed by atoms with van der Waals surface area (Å²) in [6.07, 6.45) is -4.21. The first kappa shape index (κ1) is 14.3. The minimum Gasteiger partial charge on any atom is -0.241 e. The Morgan fingerprint density at radius 2 is 1.86 bits per heavy atom. The molecule has 2 heterocycles. The lowest BCUT2D eigenvalue weighted by Gasteiger charge is -2.08. The van der Waals surface area contributed by atoms with Crippen LogP contribution in [0.25, 0.3) is 10.2 Å². The van der Waals surface area contributed by atoms with Crippen LogP contribution in [-0.4, -0.2) is 9.97 Å². The fraction of sp³-hybridized carbons (Fsp3) is 0.143. The van der Waals surface area contributed by atoms with Crippen molar-refractivity contribution in [1.29, 1.82) is 0 Å². The van der Waals surface area contributed by atoms with Crippen LogP contribution in [-0.2, 0) is 12.6 Å². The number of para-hydroxylation sites is 1. The number of nitrogens with zero attached hydrogens (tertiary/aromatic N) is 2. The molecule has 0 atom stereocenters. The Kier molecular flexibility index (Phi) is 3.59. The predicted octanol–water partition coefficient (Wildman–Crippen LogP) is 4.95. The highest BCUT2D eigenvalue weighted by molar-refractivity contribution is 7.18. The Morgan fingerprint density at radius 3 is 2.57 bits per heavy atom. The van der Waals surface area contributed by atoms with Gasteiger partial charge in [0.15, 0.2) is 0 Å². The highest BCUT2D eigenvalue weighted by Gasteiger charge is 2.31. The first-order valence-corrected chi connectivity index (χ1v) is 7.19. The van der Waals surface area contributed by atoms with E-state index in [0.29, 0.717) is 5.01 Å². The number of pyridine rings is 1. The van der Waals surface area contributed by atoms with Gasteiger partial charge in [-0.25, -0.2) is 9.97 Å². The molecule has 1 aromatic carbocycles. The molecular formula is C14H8ClF3N2S. The Labute approximate surface area is 127 Å². The van der Waals surface area contributed by atoms with Gasteiger partial charge in [-0.15, -0.1) is 11.3 Å². The second-order valence-electron chi connectivity index (χ2n) is 4.42. The minimum atomic E-state index is -4.44. The van der Waals surface area contributed by atoms with Gasteiger partial charge in [0, 0.05) is 12.1 Å². The predicted molar refractivity (Wildman–Crippen MR) is 76.7 cm³/mol. The molecule has 7 heteroatoms. The van der Waals surface area contributed by atoms with Crippen LogP contribution >= 0.6 is 22.9 Å². The summed E-state index contributed by atoms with van der Waals surface area (Å²) in [5, 5.41) is 0.542. The SMILES string of the molecule is FC(F)(F)c1cc(Cl)nc(Cc2nc3ccccc3s2)c1. The monoisotopic (exact) mass is 328 g/mol. The second kappa shape index (κ2) is 5.27. The number of benzene rings is 1. The summed E-state index contributed by atoms with van der Waals surface area (Å²) in [5.74, 6) is 0. The van der Waals surface area contributed by atoms with Gasteiger partial charge < -0.3 is 0 Å². The molecule has 0 aliphatic heterocycles. The number of aromatic nitrogens is 2. The number of thiazole rings is 1. The molecule has 0 unspecified atom stereocenters. The van der Waals surface area contributed by atoms with E-state index in [1.807, 2.05) is 24.3 Å². The lowest BCUT2D eigenvalue weighted by Crippen LogP contribution is -2.07. The molecule has 3 aromatic rings. The lowest BCUT2D eigenvalue weighted by molar-refractivity contribution is -0.137. The molecule has 0 bridgehead atoms. The molecule has 3 rings (SSSR count). The third-order valence-electron chi connectivity index (χ3n) is 2.84. The average molecular weight is 329 g/mol. The zero-order chi connectivity index (χ0) is 15.0. The van der Waals surface area contributed by atoms with Gasteiger partial charge in [0.2, 0.25) is 0 Å². The largest absolute Gasteiger partial charge is 0.416 e.